The number of piperidine rings is 2. The van der Waals surface area contributed by atoms with Crippen LogP contribution in [-0.2, 0) is 0 Å². The predicted molar refractivity (Wildman–Crippen MR) is 89.7 cm³/mol. The Morgan fingerprint density at radius 3 is 2.38 bits per heavy atom. The first-order valence-corrected chi connectivity index (χ1v) is 9.24. The molecule has 1 aliphatic carbocycles. The lowest BCUT2D eigenvalue weighted by molar-refractivity contribution is 0.0240. The summed E-state index contributed by atoms with van der Waals surface area (Å²) >= 11 is 0. The molecule has 0 unspecified atom stereocenters. The fourth-order valence-electron chi connectivity index (χ4n) is 3.93. The van der Waals surface area contributed by atoms with E-state index in [9.17, 15) is 9.90 Å². The third kappa shape index (κ3) is 3.44. The molecule has 2 aliphatic heterocycles. The Hall–Kier alpha value is -1.53. The molecule has 2 saturated heterocycles. The summed E-state index contributed by atoms with van der Waals surface area (Å²) in [5.41, 5.74) is 0.603. The fourth-order valence-corrected chi connectivity index (χ4v) is 3.93. The van der Waals surface area contributed by atoms with Gasteiger partial charge >= 0.3 is 0 Å². The van der Waals surface area contributed by atoms with Crippen molar-refractivity contribution in [2.75, 3.05) is 26.2 Å². The molecule has 1 atom stereocenters. The number of β-amino-alcohol motifs (C(OH)–C–C–N with tert-alkyl or cyclic N) is 1. The van der Waals surface area contributed by atoms with Gasteiger partial charge in [0, 0.05) is 44.0 Å². The van der Waals surface area contributed by atoms with E-state index < -0.39 is 0 Å². The largest absolute Gasteiger partial charge is 0.392 e. The number of rotatable bonds is 3. The highest BCUT2D eigenvalue weighted by atomic mass is 16.3. The lowest BCUT2D eigenvalue weighted by Crippen LogP contribution is -2.50. The summed E-state index contributed by atoms with van der Waals surface area (Å²) in [6.45, 7) is 3.42. The Labute approximate surface area is 142 Å². The summed E-state index contributed by atoms with van der Waals surface area (Å²) < 4.78 is 0. The molecule has 0 spiro atoms. The molecule has 4 rings (SSSR count). The molecule has 1 saturated carbocycles. The van der Waals surface area contributed by atoms with Crippen molar-refractivity contribution >= 4 is 5.91 Å². The highest BCUT2D eigenvalue weighted by molar-refractivity contribution is 5.93. The van der Waals surface area contributed by atoms with Crippen LogP contribution in [0.15, 0.2) is 12.4 Å². The normalized spacial score (nSPS) is 26.5. The van der Waals surface area contributed by atoms with E-state index in [4.69, 9.17) is 0 Å². The summed E-state index contributed by atoms with van der Waals surface area (Å²) in [6.07, 6.45) is 9.51. The minimum absolute atomic E-state index is 0.0504. The Balaban J connectivity index is 1.32. The van der Waals surface area contributed by atoms with Crippen molar-refractivity contribution in [3.8, 4) is 0 Å². The molecule has 6 nitrogen and oxygen atoms in total. The molecule has 130 valence electrons. The maximum atomic E-state index is 12.6. The van der Waals surface area contributed by atoms with Gasteiger partial charge in [-0.2, -0.15) is 0 Å². The Bertz CT molecular complexity index is 579. The Kier molecular flexibility index (Phi) is 4.50. The van der Waals surface area contributed by atoms with Gasteiger partial charge in [-0.25, -0.2) is 9.97 Å². The summed E-state index contributed by atoms with van der Waals surface area (Å²) in [5, 5.41) is 9.84. The number of carbonyl (C=O) groups excluding carboxylic acids is 1. The average molecular weight is 330 g/mol. The zero-order valence-corrected chi connectivity index (χ0v) is 14.1. The summed E-state index contributed by atoms with van der Waals surface area (Å²) in [4.78, 5) is 25.7. The van der Waals surface area contributed by atoms with Crippen LogP contribution in [0.25, 0.3) is 0 Å². The quantitative estimate of drug-likeness (QED) is 0.907. The first kappa shape index (κ1) is 16.0. The standard InChI is InChI=1S/C18H26N4O2/c23-16-2-1-7-22(12-16)15-5-8-21(9-6-15)18(24)14-10-19-17(20-11-14)13-3-4-13/h10-11,13,15-16,23H,1-9,12H2/t16-/m1/s1. The smallest absolute Gasteiger partial charge is 0.256 e. The van der Waals surface area contributed by atoms with Crippen LogP contribution in [0.4, 0.5) is 0 Å². The zero-order valence-electron chi connectivity index (χ0n) is 14.1. The van der Waals surface area contributed by atoms with Crippen LogP contribution in [0.3, 0.4) is 0 Å². The number of aliphatic hydroxyl groups excluding tert-OH is 1. The predicted octanol–water partition coefficient (Wildman–Crippen LogP) is 1.42. The number of aromatic nitrogens is 2. The van der Waals surface area contributed by atoms with Gasteiger partial charge in [-0.3, -0.25) is 9.69 Å². The van der Waals surface area contributed by atoms with E-state index in [1.165, 1.54) is 12.8 Å². The second-order valence-corrected chi connectivity index (χ2v) is 7.42. The van der Waals surface area contributed by atoms with Crippen molar-refractivity contribution in [3.63, 3.8) is 0 Å². The molecule has 3 fully saturated rings. The van der Waals surface area contributed by atoms with Gasteiger partial charge in [-0.1, -0.05) is 0 Å². The van der Waals surface area contributed by atoms with Gasteiger partial charge in [-0.15, -0.1) is 0 Å². The van der Waals surface area contributed by atoms with Gasteiger partial charge in [0.25, 0.3) is 5.91 Å². The van der Waals surface area contributed by atoms with Crippen molar-refractivity contribution in [1.82, 2.24) is 19.8 Å². The zero-order chi connectivity index (χ0) is 16.5. The summed E-state index contributed by atoms with van der Waals surface area (Å²) in [7, 11) is 0. The molecule has 1 N–H and O–H groups in total. The summed E-state index contributed by atoms with van der Waals surface area (Å²) in [5.74, 6) is 1.45. The monoisotopic (exact) mass is 330 g/mol. The number of likely N-dealkylation sites (tertiary alicyclic amines) is 2. The van der Waals surface area contributed by atoms with Crippen LogP contribution >= 0.6 is 0 Å². The number of aliphatic hydroxyl groups is 1. The molecule has 3 aliphatic rings. The van der Waals surface area contributed by atoms with Gasteiger partial charge in [0.1, 0.15) is 5.82 Å². The van der Waals surface area contributed by atoms with Crippen LogP contribution in [0, 0.1) is 0 Å². The molecule has 0 radical (unpaired) electrons. The van der Waals surface area contributed by atoms with E-state index >= 15 is 0 Å². The number of carbonyl (C=O) groups is 1. The summed E-state index contributed by atoms with van der Waals surface area (Å²) in [6, 6.07) is 0.498. The second-order valence-electron chi connectivity index (χ2n) is 7.42. The van der Waals surface area contributed by atoms with Crippen molar-refractivity contribution in [2.24, 2.45) is 0 Å². The highest BCUT2D eigenvalue weighted by Crippen LogP contribution is 2.37. The molecule has 1 aromatic rings. The number of hydrogen-bond donors (Lipinski definition) is 1. The average Bonchev–Trinajstić information content (AvgIpc) is 3.47. The van der Waals surface area contributed by atoms with Crippen LogP contribution in [0.5, 0.6) is 0 Å². The molecule has 1 amide bonds. The number of hydrogen-bond acceptors (Lipinski definition) is 5. The van der Waals surface area contributed by atoms with E-state index in [0.717, 1.165) is 57.7 Å². The maximum absolute atomic E-state index is 12.6. The SMILES string of the molecule is O=C(c1cnc(C2CC2)nc1)N1CCC(N2CCC[C@@H](O)C2)CC1. The first-order valence-electron chi connectivity index (χ1n) is 9.24. The highest BCUT2D eigenvalue weighted by Gasteiger charge is 2.30. The fraction of sp³-hybridized carbons (Fsp3) is 0.722. The molecule has 6 heteroatoms. The van der Waals surface area contributed by atoms with Crippen LogP contribution < -0.4 is 0 Å². The molecule has 0 aromatic carbocycles. The minimum atomic E-state index is -0.180. The second kappa shape index (κ2) is 6.76. The van der Waals surface area contributed by atoms with E-state index in [1.807, 2.05) is 4.90 Å². The van der Waals surface area contributed by atoms with Gasteiger partial charge in [-0.05, 0) is 45.1 Å². The molecule has 1 aromatic heterocycles. The van der Waals surface area contributed by atoms with Gasteiger partial charge in [0.05, 0.1) is 11.7 Å². The Morgan fingerprint density at radius 2 is 1.75 bits per heavy atom. The van der Waals surface area contributed by atoms with Gasteiger partial charge in [0.15, 0.2) is 0 Å². The third-order valence-electron chi connectivity index (χ3n) is 5.56. The Morgan fingerprint density at radius 1 is 1.04 bits per heavy atom. The van der Waals surface area contributed by atoms with Crippen molar-refractivity contribution in [3.05, 3.63) is 23.8 Å². The molecule has 0 bridgehead atoms. The number of nitrogens with zero attached hydrogens (tertiary/aromatic N) is 4. The molecule has 3 heterocycles. The van der Waals surface area contributed by atoms with Crippen LogP contribution in [0.2, 0.25) is 0 Å². The number of amides is 1. The topological polar surface area (TPSA) is 69.6 Å². The first-order chi connectivity index (χ1) is 11.7. The van der Waals surface area contributed by atoms with E-state index in [2.05, 4.69) is 14.9 Å². The van der Waals surface area contributed by atoms with E-state index in [0.29, 0.717) is 17.5 Å². The molecular formula is C18H26N4O2. The van der Waals surface area contributed by atoms with Crippen LogP contribution in [-0.4, -0.2) is 69.1 Å². The van der Waals surface area contributed by atoms with Gasteiger partial charge in [0.2, 0.25) is 0 Å². The lowest BCUT2D eigenvalue weighted by atomic mass is 9.98. The van der Waals surface area contributed by atoms with Crippen LogP contribution in [0.1, 0.15) is 60.6 Å². The van der Waals surface area contributed by atoms with Crippen molar-refractivity contribution < 1.29 is 9.90 Å². The lowest BCUT2D eigenvalue weighted by Gasteiger charge is -2.41. The van der Waals surface area contributed by atoms with Crippen molar-refractivity contribution in [2.45, 2.75) is 56.6 Å². The maximum Gasteiger partial charge on any atom is 0.256 e. The van der Waals surface area contributed by atoms with Crippen molar-refractivity contribution in [1.29, 1.82) is 0 Å². The van der Waals surface area contributed by atoms with E-state index in [1.54, 1.807) is 12.4 Å². The molecular weight excluding hydrogens is 304 g/mol. The van der Waals surface area contributed by atoms with Gasteiger partial charge < -0.3 is 10.0 Å². The van der Waals surface area contributed by atoms with E-state index in [-0.39, 0.29) is 12.0 Å². The molecule has 24 heavy (non-hydrogen) atoms. The third-order valence-corrected chi connectivity index (χ3v) is 5.56. The minimum Gasteiger partial charge on any atom is -0.392 e.